The molecule has 0 aromatic carbocycles. The molecule has 5 fully saturated rings. The van der Waals surface area contributed by atoms with E-state index in [0.717, 1.165) is 69.0 Å². The highest BCUT2D eigenvalue weighted by Crippen LogP contribution is 2.57. The lowest BCUT2D eigenvalue weighted by Crippen LogP contribution is -2.49. The summed E-state index contributed by atoms with van der Waals surface area (Å²) in [6.07, 6.45) is 12.0. The number of fused-ring (bicyclic) bond motifs is 5. The van der Waals surface area contributed by atoms with Crippen molar-refractivity contribution in [2.45, 2.75) is 147 Å². The van der Waals surface area contributed by atoms with Crippen LogP contribution in [0.4, 0.5) is 0 Å². The van der Waals surface area contributed by atoms with Gasteiger partial charge in [-0.25, -0.2) is 13.4 Å². The first-order valence-corrected chi connectivity index (χ1v) is 23.9. The number of piperidine rings is 1. The van der Waals surface area contributed by atoms with E-state index in [2.05, 4.69) is 28.2 Å². The smallest absolute Gasteiger partial charge is 0.306 e. The number of likely N-dealkylation sites (tertiary alicyclic amines) is 1. The zero-order chi connectivity index (χ0) is 43.5. The number of esters is 1. The number of ketones is 1. The van der Waals surface area contributed by atoms with Gasteiger partial charge in [0, 0.05) is 38.3 Å². The molecule has 1 N–H and O–H groups in total. The fraction of sp³-hybridized carbons (Fsp3) is 0.696. The summed E-state index contributed by atoms with van der Waals surface area (Å²) in [6, 6.07) is 0.825. The van der Waals surface area contributed by atoms with E-state index in [1.165, 1.54) is 4.90 Å². The number of hydrogen-bond acceptors (Lipinski definition) is 12. The molecule has 0 spiro atoms. The molecule has 2 saturated heterocycles. The van der Waals surface area contributed by atoms with Crippen LogP contribution < -0.4 is 14.2 Å². The Bertz CT molecular complexity index is 2180. The predicted molar refractivity (Wildman–Crippen MR) is 228 cm³/mol. The van der Waals surface area contributed by atoms with Gasteiger partial charge in [0.05, 0.1) is 51.6 Å². The number of carbonyl (C=O) groups is 4. The zero-order valence-corrected chi connectivity index (χ0v) is 37.3. The van der Waals surface area contributed by atoms with Crippen LogP contribution in [0.15, 0.2) is 31.1 Å². The van der Waals surface area contributed by atoms with E-state index in [0.29, 0.717) is 36.4 Å². The van der Waals surface area contributed by atoms with E-state index in [9.17, 15) is 27.6 Å². The first-order chi connectivity index (χ1) is 28.9. The Balaban J connectivity index is 1.14. The number of nitrogens with one attached hydrogen (secondary N) is 1. The van der Waals surface area contributed by atoms with Crippen LogP contribution in [-0.2, 0) is 40.4 Å². The summed E-state index contributed by atoms with van der Waals surface area (Å²) in [4.78, 5) is 70.4. The number of hydrogen-bond donors (Lipinski definition) is 1. The van der Waals surface area contributed by atoms with Crippen LogP contribution in [0.5, 0.6) is 11.6 Å². The van der Waals surface area contributed by atoms with Crippen molar-refractivity contribution in [2.75, 3.05) is 26.7 Å². The number of carbonyl (C=O) groups excluding carboxylic acids is 4. The molecule has 7 atom stereocenters. The van der Waals surface area contributed by atoms with Crippen molar-refractivity contribution in [2.24, 2.45) is 28.6 Å². The van der Waals surface area contributed by atoms with Crippen LogP contribution in [-0.4, -0.2) is 108 Å². The van der Waals surface area contributed by atoms with Gasteiger partial charge < -0.3 is 24.0 Å². The number of pyridine rings is 2. The van der Waals surface area contributed by atoms with Gasteiger partial charge in [-0.2, -0.15) is 0 Å². The molecule has 2 aromatic heterocycles. The molecule has 3 aliphatic carbocycles. The molecule has 61 heavy (non-hydrogen) atoms. The van der Waals surface area contributed by atoms with Crippen molar-refractivity contribution < 1.29 is 41.8 Å². The highest BCUT2D eigenvalue weighted by Gasteiger charge is 2.62. The van der Waals surface area contributed by atoms with Crippen molar-refractivity contribution >= 4 is 44.5 Å². The second-order valence-electron chi connectivity index (χ2n) is 20.2. The Labute approximate surface area is 360 Å². The molecule has 0 unspecified atom stereocenters. The van der Waals surface area contributed by atoms with Gasteiger partial charge in [0.2, 0.25) is 27.7 Å². The van der Waals surface area contributed by atoms with Crippen LogP contribution in [0.25, 0.3) is 10.9 Å². The first-order valence-electron chi connectivity index (χ1n) is 22.4. The van der Waals surface area contributed by atoms with Gasteiger partial charge in [0.1, 0.15) is 24.1 Å². The minimum absolute atomic E-state index is 0.00181. The van der Waals surface area contributed by atoms with Gasteiger partial charge in [-0.05, 0) is 95.1 Å². The van der Waals surface area contributed by atoms with E-state index < -0.39 is 61.5 Å². The van der Waals surface area contributed by atoms with Crippen molar-refractivity contribution in [1.29, 1.82) is 0 Å². The fourth-order valence-corrected chi connectivity index (χ4v) is 11.0. The molecule has 332 valence electrons. The maximum atomic E-state index is 14.9. The highest BCUT2D eigenvalue weighted by atomic mass is 32.2. The van der Waals surface area contributed by atoms with Gasteiger partial charge >= 0.3 is 5.97 Å². The number of allylic oxidation sites excluding steroid dienone is 1. The third-order valence-electron chi connectivity index (χ3n) is 14.5. The minimum atomic E-state index is -3.97. The molecule has 14 nitrogen and oxygen atoms in total. The van der Waals surface area contributed by atoms with Crippen molar-refractivity contribution in [3.63, 3.8) is 0 Å². The minimum Gasteiger partial charge on any atom is -0.489 e. The van der Waals surface area contributed by atoms with E-state index in [1.807, 2.05) is 26.8 Å². The average Bonchev–Trinajstić information content (AvgIpc) is 4.17. The summed E-state index contributed by atoms with van der Waals surface area (Å²) in [6.45, 7) is 13.1. The monoisotopic (exact) mass is 861 g/mol. The van der Waals surface area contributed by atoms with Crippen molar-refractivity contribution in [3.05, 3.63) is 36.7 Å². The Morgan fingerprint density at radius 1 is 1.08 bits per heavy atom. The second-order valence-corrected chi connectivity index (χ2v) is 22.4. The molecule has 6 aliphatic rings. The summed E-state index contributed by atoms with van der Waals surface area (Å²) in [7, 11) is -1.85. The highest BCUT2D eigenvalue weighted by molar-refractivity contribution is 7.91. The summed E-state index contributed by atoms with van der Waals surface area (Å²) in [5, 5.41) is 0.806. The van der Waals surface area contributed by atoms with Gasteiger partial charge in [0.15, 0.2) is 5.78 Å². The number of amides is 2. The Morgan fingerprint density at radius 2 is 1.84 bits per heavy atom. The molecule has 0 radical (unpaired) electrons. The fourth-order valence-electron chi connectivity index (χ4n) is 9.72. The first kappa shape index (κ1) is 43.5. The maximum absolute atomic E-state index is 14.9. The second kappa shape index (κ2) is 16.5. The molecule has 5 heterocycles. The van der Waals surface area contributed by atoms with Crippen LogP contribution in [0, 0.1) is 28.6 Å². The van der Waals surface area contributed by atoms with Crippen molar-refractivity contribution in [3.8, 4) is 11.6 Å². The molecule has 2 bridgehead atoms. The molecule has 15 heteroatoms. The Hall–Kier alpha value is -4.11. The van der Waals surface area contributed by atoms with Crippen LogP contribution >= 0.6 is 0 Å². The van der Waals surface area contributed by atoms with Crippen LogP contribution in [0.3, 0.4) is 0 Å². The van der Waals surface area contributed by atoms with Crippen molar-refractivity contribution in [1.82, 2.24) is 24.5 Å². The molecular formula is C46H63N5O9S. The summed E-state index contributed by atoms with van der Waals surface area (Å²) in [5.74, 6) is -1.72. The SMILES string of the molecule is C=C[C@@H]1C[C@]1(CC(=O)[C@@H]1C[C@@H]2CN1C(=O)[C@H](C(C)(C)C)CC(=O)O[C@H]1C[C@@H]1CCCCCc1c(nc3ccncc3c1OC1CCN(C)CC1)O2)C(=O)NS(=O)(=O)C1(C)CC1. The van der Waals surface area contributed by atoms with E-state index in [1.54, 1.807) is 25.4 Å². The lowest BCUT2D eigenvalue weighted by Gasteiger charge is -2.34. The third kappa shape index (κ3) is 9.05. The molecule has 2 aromatic rings. The van der Waals surface area contributed by atoms with Crippen LogP contribution in [0.1, 0.15) is 117 Å². The standard InChI is InChI=1S/C46H63N5O9S/c1-7-29-24-46(29,43(55)49-61(56,57)45(5)16-17-45)25-37(52)36-22-31-27-51(36)42(54)34(44(2,3)4)23-39(53)60-38-21-28(38)11-9-8-10-12-32-40(58-30-14-19-50(6)20-15-30)33-26-47-18-13-35(33)48-41(32)59-31/h7,13,18,26,28-31,34,36,38H,1,8-12,14-17,19-25,27H2,2-6H3,(H,49,55)/t28-,29+,31+,34+,36-,38-,46+/m0/s1. The van der Waals surface area contributed by atoms with Gasteiger partial charge in [-0.15, -0.1) is 6.58 Å². The normalized spacial score (nSPS) is 31.1. The van der Waals surface area contributed by atoms with E-state index in [4.69, 9.17) is 19.2 Å². The van der Waals surface area contributed by atoms with Gasteiger partial charge in [0.25, 0.3) is 0 Å². The lowest BCUT2D eigenvalue weighted by molar-refractivity contribution is -0.154. The number of sulfonamides is 1. The number of rotatable bonds is 9. The summed E-state index contributed by atoms with van der Waals surface area (Å²) in [5.41, 5.74) is -0.485. The zero-order valence-electron chi connectivity index (χ0n) is 36.5. The lowest BCUT2D eigenvalue weighted by atomic mass is 9.77. The summed E-state index contributed by atoms with van der Waals surface area (Å²) >= 11 is 0. The van der Waals surface area contributed by atoms with Gasteiger partial charge in [-0.1, -0.05) is 39.7 Å². The Kier molecular flexibility index (Phi) is 11.8. The largest absolute Gasteiger partial charge is 0.489 e. The number of nitrogens with zero attached hydrogens (tertiary/aromatic N) is 4. The summed E-state index contributed by atoms with van der Waals surface area (Å²) < 4.78 is 47.4. The van der Waals surface area contributed by atoms with Crippen LogP contribution in [0.2, 0.25) is 0 Å². The van der Waals surface area contributed by atoms with E-state index >= 15 is 0 Å². The Morgan fingerprint density at radius 3 is 2.52 bits per heavy atom. The molecule has 2 amide bonds. The van der Waals surface area contributed by atoms with Gasteiger partial charge in [-0.3, -0.25) is 28.9 Å². The average molecular weight is 862 g/mol. The molecule has 3 aliphatic heterocycles. The molecule has 8 rings (SSSR count). The molecular weight excluding hydrogens is 799 g/mol. The number of ether oxygens (including phenoxy) is 3. The van der Waals surface area contributed by atoms with E-state index in [-0.39, 0.29) is 62.0 Å². The topological polar surface area (TPSA) is 174 Å². The number of aromatic nitrogens is 2. The predicted octanol–water partition coefficient (Wildman–Crippen LogP) is 5.70. The third-order valence-corrected chi connectivity index (χ3v) is 16.6. The molecule has 3 saturated carbocycles. The maximum Gasteiger partial charge on any atom is 0.306 e. The number of Topliss-reactive ketones (excluding diaryl/α,β-unsaturated/α-hetero) is 1. The quantitative estimate of drug-likeness (QED) is 0.241.